The fourth-order valence-electron chi connectivity index (χ4n) is 2.53. The molecule has 1 aliphatic rings. The first-order valence-corrected chi connectivity index (χ1v) is 6.62. The Morgan fingerprint density at radius 2 is 2.22 bits per heavy atom. The van der Waals surface area contributed by atoms with Crippen LogP contribution in [0.25, 0.3) is 0 Å². The summed E-state index contributed by atoms with van der Waals surface area (Å²) in [5.41, 5.74) is 3.84. The van der Waals surface area contributed by atoms with Crippen LogP contribution in [0.3, 0.4) is 0 Å². The monoisotopic (exact) mass is 258 g/mol. The van der Waals surface area contributed by atoms with Gasteiger partial charge in [-0.15, -0.1) is 0 Å². The van der Waals surface area contributed by atoms with Gasteiger partial charge in [-0.3, -0.25) is 4.98 Å². The molecule has 1 aliphatic carbocycles. The Hall–Kier alpha value is -1.38. The van der Waals surface area contributed by atoms with Crippen molar-refractivity contribution in [3.8, 4) is 0 Å². The second-order valence-corrected chi connectivity index (χ2v) is 5.07. The van der Waals surface area contributed by atoms with Gasteiger partial charge in [0, 0.05) is 23.8 Å². The normalized spacial score (nSPS) is 17.7. The van der Waals surface area contributed by atoms with Gasteiger partial charge in [0.05, 0.1) is 5.69 Å². The standard InChI is InChI=1S/C15H15ClN2/c16-12-5-6-14-11(9-12)4-7-15(14)18-10-13-3-1-2-8-17-13/h1-3,5-6,8-9,15,18H,4,7,10H2. The summed E-state index contributed by atoms with van der Waals surface area (Å²) in [6, 6.07) is 12.6. The highest BCUT2D eigenvalue weighted by atomic mass is 35.5. The fourth-order valence-corrected chi connectivity index (χ4v) is 2.72. The van der Waals surface area contributed by atoms with E-state index in [0.717, 1.165) is 30.1 Å². The van der Waals surface area contributed by atoms with E-state index in [-0.39, 0.29) is 0 Å². The largest absolute Gasteiger partial charge is 0.304 e. The average Bonchev–Trinajstić information content (AvgIpc) is 2.80. The first-order chi connectivity index (χ1) is 8.83. The molecule has 0 saturated heterocycles. The molecule has 3 rings (SSSR count). The summed E-state index contributed by atoms with van der Waals surface area (Å²) in [6.07, 6.45) is 4.08. The van der Waals surface area contributed by atoms with Crippen LogP contribution in [0.1, 0.15) is 29.3 Å². The zero-order valence-electron chi connectivity index (χ0n) is 10.1. The maximum Gasteiger partial charge on any atom is 0.0541 e. The number of rotatable bonds is 3. The first kappa shape index (κ1) is 11.7. The maximum atomic E-state index is 6.01. The smallest absolute Gasteiger partial charge is 0.0541 e. The van der Waals surface area contributed by atoms with Crippen LogP contribution in [-0.4, -0.2) is 4.98 Å². The Labute approximate surface area is 112 Å². The molecule has 2 aromatic rings. The Balaban J connectivity index is 1.70. The number of fused-ring (bicyclic) bond motifs is 1. The zero-order valence-corrected chi connectivity index (χ0v) is 10.8. The Bertz CT molecular complexity index is 539. The molecule has 0 spiro atoms. The van der Waals surface area contributed by atoms with E-state index in [1.807, 2.05) is 30.5 Å². The van der Waals surface area contributed by atoms with Gasteiger partial charge in [0.15, 0.2) is 0 Å². The molecule has 0 fully saturated rings. The summed E-state index contributed by atoms with van der Waals surface area (Å²) in [6.45, 7) is 0.813. The van der Waals surface area contributed by atoms with Crippen molar-refractivity contribution in [1.82, 2.24) is 10.3 Å². The Morgan fingerprint density at radius 3 is 3.06 bits per heavy atom. The molecule has 2 nitrogen and oxygen atoms in total. The van der Waals surface area contributed by atoms with Crippen LogP contribution in [0.4, 0.5) is 0 Å². The van der Waals surface area contributed by atoms with E-state index in [4.69, 9.17) is 11.6 Å². The second-order valence-electron chi connectivity index (χ2n) is 4.64. The van der Waals surface area contributed by atoms with Gasteiger partial charge in [-0.1, -0.05) is 23.7 Å². The van der Waals surface area contributed by atoms with Crippen LogP contribution in [0.5, 0.6) is 0 Å². The molecule has 3 heteroatoms. The van der Waals surface area contributed by atoms with E-state index >= 15 is 0 Å². The topological polar surface area (TPSA) is 24.9 Å². The lowest BCUT2D eigenvalue weighted by molar-refractivity contribution is 0.525. The number of nitrogens with zero attached hydrogens (tertiary/aromatic N) is 1. The fraction of sp³-hybridized carbons (Fsp3) is 0.267. The Kier molecular flexibility index (Phi) is 3.31. The van der Waals surface area contributed by atoms with Crippen LogP contribution in [-0.2, 0) is 13.0 Å². The molecule has 1 aromatic heterocycles. The van der Waals surface area contributed by atoms with Crippen LogP contribution in [0.2, 0.25) is 5.02 Å². The van der Waals surface area contributed by atoms with Crippen molar-refractivity contribution in [2.75, 3.05) is 0 Å². The molecule has 0 aliphatic heterocycles. The minimum absolute atomic E-state index is 0.430. The van der Waals surface area contributed by atoms with Gasteiger partial charge in [0.1, 0.15) is 0 Å². The van der Waals surface area contributed by atoms with Crippen LogP contribution >= 0.6 is 11.6 Å². The molecule has 1 unspecified atom stereocenters. The summed E-state index contributed by atoms with van der Waals surface area (Å²) in [4.78, 5) is 4.33. The van der Waals surface area contributed by atoms with Gasteiger partial charge < -0.3 is 5.32 Å². The first-order valence-electron chi connectivity index (χ1n) is 6.24. The predicted octanol–water partition coefficient (Wildman–Crippen LogP) is 3.51. The van der Waals surface area contributed by atoms with Crippen LogP contribution < -0.4 is 5.32 Å². The molecule has 1 heterocycles. The highest BCUT2D eigenvalue weighted by Gasteiger charge is 2.21. The molecule has 92 valence electrons. The van der Waals surface area contributed by atoms with Gasteiger partial charge in [-0.05, 0) is 48.2 Å². The highest BCUT2D eigenvalue weighted by Crippen LogP contribution is 2.32. The number of aryl methyl sites for hydroxylation is 1. The van der Waals surface area contributed by atoms with Crippen LogP contribution in [0.15, 0.2) is 42.6 Å². The minimum Gasteiger partial charge on any atom is -0.304 e. The number of hydrogen-bond donors (Lipinski definition) is 1. The molecule has 1 N–H and O–H groups in total. The summed E-state index contributed by atoms with van der Waals surface area (Å²) in [5, 5.41) is 4.40. The van der Waals surface area contributed by atoms with E-state index in [1.54, 1.807) is 0 Å². The molecule has 1 aromatic carbocycles. The van der Waals surface area contributed by atoms with Crippen molar-refractivity contribution in [2.24, 2.45) is 0 Å². The molecule has 0 radical (unpaired) electrons. The van der Waals surface area contributed by atoms with E-state index < -0.39 is 0 Å². The number of benzene rings is 1. The number of aromatic nitrogens is 1. The number of halogens is 1. The lowest BCUT2D eigenvalue weighted by Gasteiger charge is -2.13. The summed E-state index contributed by atoms with van der Waals surface area (Å²) >= 11 is 6.01. The van der Waals surface area contributed by atoms with E-state index in [0.29, 0.717) is 6.04 Å². The van der Waals surface area contributed by atoms with Crippen molar-refractivity contribution >= 4 is 11.6 Å². The summed E-state index contributed by atoms with van der Waals surface area (Å²) in [5.74, 6) is 0. The van der Waals surface area contributed by atoms with Gasteiger partial charge in [-0.25, -0.2) is 0 Å². The third-order valence-electron chi connectivity index (χ3n) is 3.44. The molecule has 1 atom stereocenters. The van der Waals surface area contributed by atoms with E-state index in [1.165, 1.54) is 11.1 Å². The summed E-state index contributed by atoms with van der Waals surface area (Å²) in [7, 11) is 0. The quantitative estimate of drug-likeness (QED) is 0.911. The van der Waals surface area contributed by atoms with Crippen molar-refractivity contribution in [3.63, 3.8) is 0 Å². The maximum absolute atomic E-state index is 6.01. The lowest BCUT2D eigenvalue weighted by Crippen LogP contribution is -2.19. The minimum atomic E-state index is 0.430. The van der Waals surface area contributed by atoms with Gasteiger partial charge in [0.25, 0.3) is 0 Å². The molecule has 0 bridgehead atoms. The van der Waals surface area contributed by atoms with Gasteiger partial charge >= 0.3 is 0 Å². The zero-order chi connectivity index (χ0) is 12.4. The van der Waals surface area contributed by atoms with E-state index in [9.17, 15) is 0 Å². The Morgan fingerprint density at radius 1 is 1.28 bits per heavy atom. The second kappa shape index (κ2) is 5.09. The van der Waals surface area contributed by atoms with Gasteiger partial charge in [0.2, 0.25) is 0 Å². The lowest BCUT2D eigenvalue weighted by atomic mass is 10.1. The molecule has 18 heavy (non-hydrogen) atoms. The van der Waals surface area contributed by atoms with Crippen molar-refractivity contribution in [1.29, 1.82) is 0 Å². The third kappa shape index (κ3) is 2.40. The molecular formula is C15H15ClN2. The number of hydrogen-bond acceptors (Lipinski definition) is 2. The number of pyridine rings is 1. The molecule has 0 amide bonds. The SMILES string of the molecule is Clc1ccc2c(c1)CCC2NCc1ccccn1. The van der Waals surface area contributed by atoms with Crippen molar-refractivity contribution in [2.45, 2.75) is 25.4 Å². The molecule has 0 saturated carbocycles. The average molecular weight is 259 g/mol. The van der Waals surface area contributed by atoms with E-state index in [2.05, 4.69) is 22.4 Å². The summed E-state index contributed by atoms with van der Waals surface area (Å²) < 4.78 is 0. The van der Waals surface area contributed by atoms with Crippen LogP contribution in [0, 0.1) is 0 Å². The predicted molar refractivity (Wildman–Crippen MR) is 73.6 cm³/mol. The third-order valence-corrected chi connectivity index (χ3v) is 3.67. The van der Waals surface area contributed by atoms with Gasteiger partial charge in [-0.2, -0.15) is 0 Å². The molecular weight excluding hydrogens is 244 g/mol. The number of nitrogens with one attached hydrogen (secondary N) is 1. The van der Waals surface area contributed by atoms with Crippen molar-refractivity contribution in [3.05, 3.63) is 64.4 Å². The highest BCUT2D eigenvalue weighted by molar-refractivity contribution is 6.30. The van der Waals surface area contributed by atoms with Crippen molar-refractivity contribution < 1.29 is 0 Å².